The molecule has 1 unspecified atom stereocenters. The van der Waals surface area contributed by atoms with Crippen LogP contribution in [0.4, 0.5) is 0 Å². The van der Waals surface area contributed by atoms with E-state index >= 15 is 0 Å². The molecule has 0 heterocycles. The predicted octanol–water partition coefficient (Wildman–Crippen LogP) is 2.48. The molecule has 3 atom stereocenters. The van der Waals surface area contributed by atoms with Crippen molar-refractivity contribution >= 4 is 0 Å². The first kappa shape index (κ1) is 8.05. The summed E-state index contributed by atoms with van der Waals surface area (Å²) in [5.41, 5.74) is 0. The summed E-state index contributed by atoms with van der Waals surface area (Å²) in [6, 6.07) is 1.69. The summed E-state index contributed by atoms with van der Waals surface area (Å²) < 4.78 is 0. The topological polar surface area (TPSA) is 12.0 Å². The fourth-order valence-corrected chi connectivity index (χ4v) is 3.37. The van der Waals surface area contributed by atoms with Gasteiger partial charge in [0.15, 0.2) is 0 Å². The van der Waals surface area contributed by atoms with Gasteiger partial charge in [0.25, 0.3) is 0 Å². The van der Waals surface area contributed by atoms with E-state index in [1.165, 1.54) is 38.5 Å². The summed E-state index contributed by atoms with van der Waals surface area (Å²) in [7, 11) is 0. The van der Waals surface area contributed by atoms with Crippen LogP contribution in [0.15, 0.2) is 12.2 Å². The monoisotopic (exact) mass is 177 g/mol. The number of rotatable bonds is 2. The molecule has 0 saturated heterocycles. The highest BCUT2D eigenvalue weighted by molar-refractivity contribution is 5.12. The van der Waals surface area contributed by atoms with E-state index in [0.717, 1.165) is 23.9 Å². The lowest BCUT2D eigenvalue weighted by Crippen LogP contribution is -2.39. The third kappa shape index (κ3) is 1.43. The van der Waals surface area contributed by atoms with Gasteiger partial charge in [-0.3, -0.25) is 0 Å². The predicted molar refractivity (Wildman–Crippen MR) is 54.5 cm³/mol. The van der Waals surface area contributed by atoms with Gasteiger partial charge in [0.2, 0.25) is 0 Å². The molecule has 0 aromatic rings. The summed E-state index contributed by atoms with van der Waals surface area (Å²) in [6.45, 7) is 0. The fraction of sp³-hybridized carbons (Fsp3) is 0.833. The Morgan fingerprint density at radius 2 is 1.85 bits per heavy atom. The van der Waals surface area contributed by atoms with Gasteiger partial charge in [-0.15, -0.1) is 0 Å². The molecule has 0 aromatic carbocycles. The van der Waals surface area contributed by atoms with Gasteiger partial charge in [-0.05, 0) is 37.5 Å². The number of hydrogen-bond donors (Lipinski definition) is 1. The average molecular weight is 177 g/mol. The van der Waals surface area contributed by atoms with Crippen molar-refractivity contribution in [3.8, 4) is 0 Å². The fourth-order valence-electron chi connectivity index (χ4n) is 3.37. The molecule has 2 fully saturated rings. The number of allylic oxidation sites excluding steroid dienone is 1. The Hall–Kier alpha value is -0.300. The van der Waals surface area contributed by atoms with Gasteiger partial charge in [-0.25, -0.2) is 0 Å². The maximum atomic E-state index is 3.86. The average Bonchev–Trinajstić information content (AvgIpc) is 2.77. The second kappa shape index (κ2) is 3.13. The van der Waals surface area contributed by atoms with Crippen LogP contribution < -0.4 is 5.32 Å². The van der Waals surface area contributed by atoms with Crippen LogP contribution in [0.3, 0.4) is 0 Å². The highest BCUT2D eigenvalue weighted by Crippen LogP contribution is 2.39. The zero-order chi connectivity index (χ0) is 8.67. The molecule has 0 aromatic heterocycles. The maximum Gasteiger partial charge on any atom is 0.0138 e. The Morgan fingerprint density at radius 1 is 1.00 bits per heavy atom. The van der Waals surface area contributed by atoms with Crippen LogP contribution in [-0.2, 0) is 0 Å². The summed E-state index contributed by atoms with van der Waals surface area (Å²) in [4.78, 5) is 0. The van der Waals surface area contributed by atoms with E-state index < -0.39 is 0 Å². The Kier molecular flexibility index (Phi) is 1.93. The normalized spacial score (nSPS) is 43.5. The van der Waals surface area contributed by atoms with Gasteiger partial charge < -0.3 is 5.32 Å². The molecule has 1 N–H and O–H groups in total. The Labute approximate surface area is 80.6 Å². The summed E-state index contributed by atoms with van der Waals surface area (Å²) in [5, 5.41) is 3.86. The molecule has 72 valence electrons. The first-order valence-electron chi connectivity index (χ1n) is 5.86. The third-order valence-corrected chi connectivity index (χ3v) is 4.08. The Morgan fingerprint density at radius 3 is 2.46 bits per heavy atom. The molecule has 2 saturated carbocycles. The lowest BCUT2D eigenvalue weighted by atomic mass is 10.0. The van der Waals surface area contributed by atoms with Gasteiger partial charge in [0, 0.05) is 12.1 Å². The van der Waals surface area contributed by atoms with E-state index in [2.05, 4.69) is 17.5 Å². The van der Waals surface area contributed by atoms with Gasteiger partial charge in [0.1, 0.15) is 0 Å². The molecule has 3 aliphatic rings. The third-order valence-electron chi connectivity index (χ3n) is 4.08. The lowest BCUT2D eigenvalue weighted by molar-refractivity contribution is 0.388. The molecule has 1 nitrogen and oxygen atoms in total. The smallest absolute Gasteiger partial charge is 0.0138 e. The van der Waals surface area contributed by atoms with Crippen LogP contribution in [-0.4, -0.2) is 12.1 Å². The van der Waals surface area contributed by atoms with Crippen molar-refractivity contribution in [3.05, 3.63) is 12.2 Å². The zero-order valence-electron chi connectivity index (χ0n) is 8.21. The van der Waals surface area contributed by atoms with Crippen LogP contribution in [0.1, 0.15) is 38.5 Å². The van der Waals surface area contributed by atoms with E-state index in [1.54, 1.807) is 0 Å². The number of fused-ring (bicyclic) bond motifs is 2. The highest BCUT2D eigenvalue weighted by atomic mass is 15.0. The van der Waals surface area contributed by atoms with Gasteiger partial charge >= 0.3 is 0 Å². The molecule has 0 amide bonds. The molecule has 3 aliphatic carbocycles. The van der Waals surface area contributed by atoms with Gasteiger partial charge in [-0.1, -0.05) is 25.0 Å². The summed E-state index contributed by atoms with van der Waals surface area (Å²) in [6.07, 6.45) is 13.5. The molecular formula is C12H19N. The molecule has 3 rings (SSSR count). The van der Waals surface area contributed by atoms with E-state index in [-0.39, 0.29) is 0 Å². The van der Waals surface area contributed by atoms with E-state index in [9.17, 15) is 0 Å². The number of nitrogens with one attached hydrogen (secondary N) is 1. The standard InChI is InChI=1S/C12H19N/c1-2-4-11(3-1)13-12-8-9-5-6-10(12)7-9/h5-6,9-13H,1-4,7-8H2/t9-,10+,12?/m1/s1. The largest absolute Gasteiger partial charge is 0.311 e. The molecule has 0 radical (unpaired) electrons. The van der Waals surface area contributed by atoms with Crippen LogP contribution in [0.5, 0.6) is 0 Å². The minimum absolute atomic E-state index is 0.832. The summed E-state index contributed by atoms with van der Waals surface area (Å²) >= 11 is 0. The second-order valence-corrected chi connectivity index (χ2v) is 5.03. The van der Waals surface area contributed by atoms with E-state index in [4.69, 9.17) is 0 Å². The first-order chi connectivity index (χ1) is 6.42. The van der Waals surface area contributed by atoms with Crippen molar-refractivity contribution in [2.75, 3.05) is 0 Å². The lowest BCUT2D eigenvalue weighted by Gasteiger charge is -2.23. The van der Waals surface area contributed by atoms with Gasteiger partial charge in [0.05, 0.1) is 0 Å². The Bertz CT molecular complexity index is 215. The molecule has 13 heavy (non-hydrogen) atoms. The van der Waals surface area contributed by atoms with Crippen molar-refractivity contribution in [2.24, 2.45) is 11.8 Å². The quantitative estimate of drug-likeness (QED) is 0.639. The van der Waals surface area contributed by atoms with Crippen LogP contribution in [0.25, 0.3) is 0 Å². The molecule has 0 spiro atoms. The van der Waals surface area contributed by atoms with Crippen molar-refractivity contribution < 1.29 is 0 Å². The van der Waals surface area contributed by atoms with Gasteiger partial charge in [-0.2, -0.15) is 0 Å². The molecule has 2 bridgehead atoms. The maximum absolute atomic E-state index is 3.86. The summed E-state index contributed by atoms with van der Waals surface area (Å²) in [5.74, 6) is 1.80. The van der Waals surface area contributed by atoms with Crippen LogP contribution in [0.2, 0.25) is 0 Å². The minimum atomic E-state index is 0.832. The zero-order valence-corrected chi connectivity index (χ0v) is 8.21. The first-order valence-corrected chi connectivity index (χ1v) is 5.86. The second-order valence-electron chi connectivity index (χ2n) is 5.03. The minimum Gasteiger partial charge on any atom is -0.311 e. The van der Waals surface area contributed by atoms with Crippen molar-refractivity contribution in [2.45, 2.75) is 50.6 Å². The number of hydrogen-bond acceptors (Lipinski definition) is 1. The van der Waals surface area contributed by atoms with Crippen molar-refractivity contribution in [1.82, 2.24) is 5.32 Å². The van der Waals surface area contributed by atoms with Crippen molar-refractivity contribution in [1.29, 1.82) is 0 Å². The van der Waals surface area contributed by atoms with Crippen molar-refractivity contribution in [3.63, 3.8) is 0 Å². The molecule has 0 aliphatic heterocycles. The van der Waals surface area contributed by atoms with E-state index in [0.29, 0.717) is 0 Å². The molecule has 1 heteroatoms. The van der Waals surface area contributed by atoms with E-state index in [1.807, 2.05) is 0 Å². The van der Waals surface area contributed by atoms with Crippen LogP contribution >= 0.6 is 0 Å². The Balaban J connectivity index is 1.58. The highest BCUT2D eigenvalue weighted by Gasteiger charge is 2.36. The van der Waals surface area contributed by atoms with Crippen LogP contribution in [0, 0.1) is 11.8 Å². The SMILES string of the molecule is C1=C[C@H]2C[C@@H]1CC2NC1CCCC1. The molecular weight excluding hydrogens is 158 g/mol.